The minimum absolute atomic E-state index is 0. The molecule has 26 heavy (non-hydrogen) atoms. The molecule has 0 amide bonds. The van der Waals surface area contributed by atoms with Crippen LogP contribution in [0.4, 0.5) is 0 Å². The summed E-state index contributed by atoms with van der Waals surface area (Å²) in [6.45, 7) is 16.1. The van der Waals surface area contributed by atoms with Gasteiger partial charge >= 0.3 is 0 Å². The first-order valence-corrected chi connectivity index (χ1v) is 9.37. The molecule has 7 heteroatoms. The number of aromatic nitrogens is 2. The molecule has 1 aromatic rings. The number of nitrogens with one attached hydrogen (secondary N) is 1. The van der Waals surface area contributed by atoms with Crippen molar-refractivity contribution in [3.05, 3.63) is 17.5 Å². The minimum atomic E-state index is 0. The number of aryl methyl sites for hydroxylation is 1. The SMILES string of the molecule is CN=C(NCCN(C(C)C)C(C)C)N(C)Cc1cn(C)nc1C(C)C.I. The van der Waals surface area contributed by atoms with Crippen LogP contribution in [0.15, 0.2) is 11.2 Å². The molecule has 1 rings (SSSR count). The number of guanidine groups is 1. The van der Waals surface area contributed by atoms with Crippen molar-refractivity contribution in [2.45, 2.75) is 66.1 Å². The molecule has 152 valence electrons. The molecule has 0 radical (unpaired) electrons. The van der Waals surface area contributed by atoms with Crippen molar-refractivity contribution in [3.8, 4) is 0 Å². The lowest BCUT2D eigenvalue weighted by molar-refractivity contribution is 0.178. The average Bonchev–Trinajstić information content (AvgIpc) is 2.87. The van der Waals surface area contributed by atoms with Crippen LogP contribution in [-0.4, -0.2) is 64.8 Å². The molecule has 0 spiro atoms. The predicted molar refractivity (Wildman–Crippen MR) is 123 cm³/mol. The van der Waals surface area contributed by atoms with Crippen molar-refractivity contribution < 1.29 is 0 Å². The third-order valence-electron chi connectivity index (χ3n) is 4.44. The Morgan fingerprint density at radius 3 is 2.23 bits per heavy atom. The van der Waals surface area contributed by atoms with Crippen molar-refractivity contribution in [2.75, 3.05) is 27.2 Å². The van der Waals surface area contributed by atoms with E-state index in [0.29, 0.717) is 18.0 Å². The highest BCUT2D eigenvalue weighted by atomic mass is 127. The Balaban J connectivity index is 0.00000625. The molecule has 0 atom stereocenters. The van der Waals surface area contributed by atoms with Crippen LogP contribution in [0, 0.1) is 0 Å². The highest BCUT2D eigenvalue weighted by Crippen LogP contribution is 2.18. The lowest BCUT2D eigenvalue weighted by Crippen LogP contribution is -2.45. The summed E-state index contributed by atoms with van der Waals surface area (Å²) in [6, 6.07) is 1.09. The molecule has 0 saturated heterocycles. The second-order valence-corrected chi connectivity index (χ2v) is 7.62. The van der Waals surface area contributed by atoms with Crippen LogP contribution < -0.4 is 5.32 Å². The standard InChI is InChI=1S/C19H38N6.HI/c1-14(2)18-17(13-24(9)22-18)12-23(8)19(20-7)21-10-11-25(15(3)4)16(5)6;/h13-16H,10-12H2,1-9H3,(H,20,21);1H. The number of nitrogens with zero attached hydrogens (tertiary/aromatic N) is 5. The van der Waals surface area contributed by atoms with Gasteiger partial charge in [0, 0.05) is 64.6 Å². The maximum absolute atomic E-state index is 4.60. The van der Waals surface area contributed by atoms with Gasteiger partial charge in [0.25, 0.3) is 0 Å². The van der Waals surface area contributed by atoms with Crippen LogP contribution in [0.3, 0.4) is 0 Å². The van der Waals surface area contributed by atoms with Crippen LogP contribution >= 0.6 is 24.0 Å². The Kier molecular flexibility index (Phi) is 11.4. The summed E-state index contributed by atoms with van der Waals surface area (Å²) < 4.78 is 1.90. The van der Waals surface area contributed by atoms with Crippen molar-refractivity contribution in [2.24, 2.45) is 12.0 Å². The minimum Gasteiger partial charge on any atom is -0.355 e. The second-order valence-electron chi connectivity index (χ2n) is 7.62. The first-order chi connectivity index (χ1) is 11.7. The maximum Gasteiger partial charge on any atom is 0.193 e. The lowest BCUT2D eigenvalue weighted by atomic mass is 10.1. The van der Waals surface area contributed by atoms with Gasteiger partial charge in [-0.15, -0.1) is 24.0 Å². The summed E-state index contributed by atoms with van der Waals surface area (Å²) in [7, 11) is 5.90. The second kappa shape index (κ2) is 11.8. The van der Waals surface area contributed by atoms with Gasteiger partial charge in [-0.1, -0.05) is 13.8 Å². The van der Waals surface area contributed by atoms with E-state index in [-0.39, 0.29) is 24.0 Å². The van der Waals surface area contributed by atoms with E-state index < -0.39 is 0 Å². The van der Waals surface area contributed by atoms with E-state index in [1.807, 2.05) is 18.8 Å². The molecule has 1 heterocycles. The van der Waals surface area contributed by atoms with Gasteiger partial charge in [-0.05, 0) is 33.6 Å². The molecule has 0 aliphatic carbocycles. The van der Waals surface area contributed by atoms with Gasteiger partial charge in [0.1, 0.15) is 0 Å². The molecule has 0 saturated carbocycles. The molecule has 0 bridgehead atoms. The lowest BCUT2D eigenvalue weighted by Gasteiger charge is -2.31. The normalized spacial score (nSPS) is 12.3. The molecule has 1 N–H and O–H groups in total. The zero-order valence-corrected chi connectivity index (χ0v) is 20.4. The largest absolute Gasteiger partial charge is 0.355 e. The van der Waals surface area contributed by atoms with Crippen LogP contribution in [0.25, 0.3) is 0 Å². The van der Waals surface area contributed by atoms with E-state index in [9.17, 15) is 0 Å². The van der Waals surface area contributed by atoms with Gasteiger partial charge in [-0.2, -0.15) is 5.10 Å². The zero-order chi connectivity index (χ0) is 19.1. The van der Waals surface area contributed by atoms with Crippen molar-refractivity contribution in [3.63, 3.8) is 0 Å². The molecular weight excluding hydrogens is 439 g/mol. The van der Waals surface area contributed by atoms with Crippen LogP contribution in [-0.2, 0) is 13.6 Å². The fourth-order valence-electron chi connectivity index (χ4n) is 3.29. The maximum atomic E-state index is 4.60. The molecule has 6 nitrogen and oxygen atoms in total. The van der Waals surface area contributed by atoms with Crippen LogP contribution in [0.5, 0.6) is 0 Å². The molecule has 0 aromatic carbocycles. The third-order valence-corrected chi connectivity index (χ3v) is 4.44. The number of halogens is 1. The van der Waals surface area contributed by atoms with Gasteiger partial charge in [0.2, 0.25) is 0 Å². The Labute approximate surface area is 177 Å². The van der Waals surface area contributed by atoms with E-state index in [0.717, 1.165) is 31.3 Å². The van der Waals surface area contributed by atoms with E-state index >= 15 is 0 Å². The first kappa shape index (κ1) is 25.2. The van der Waals surface area contributed by atoms with E-state index in [1.165, 1.54) is 5.56 Å². The van der Waals surface area contributed by atoms with Crippen molar-refractivity contribution >= 4 is 29.9 Å². The first-order valence-electron chi connectivity index (χ1n) is 9.37. The Hall–Kier alpha value is -0.830. The summed E-state index contributed by atoms with van der Waals surface area (Å²) in [5, 5.41) is 8.09. The van der Waals surface area contributed by atoms with Gasteiger partial charge in [-0.3, -0.25) is 14.6 Å². The van der Waals surface area contributed by atoms with Gasteiger partial charge < -0.3 is 10.2 Å². The average molecular weight is 478 g/mol. The molecule has 1 aromatic heterocycles. The van der Waals surface area contributed by atoms with Gasteiger partial charge in [0.05, 0.1) is 5.69 Å². The highest BCUT2D eigenvalue weighted by Gasteiger charge is 2.16. The zero-order valence-electron chi connectivity index (χ0n) is 18.1. The molecule has 0 fully saturated rings. The van der Waals surface area contributed by atoms with Crippen molar-refractivity contribution in [1.82, 2.24) is 24.9 Å². The van der Waals surface area contributed by atoms with Crippen molar-refractivity contribution in [1.29, 1.82) is 0 Å². The van der Waals surface area contributed by atoms with Gasteiger partial charge in [0.15, 0.2) is 5.96 Å². The number of hydrogen-bond acceptors (Lipinski definition) is 3. The van der Waals surface area contributed by atoms with E-state index in [4.69, 9.17) is 0 Å². The third kappa shape index (κ3) is 7.42. The van der Waals surface area contributed by atoms with Crippen LogP contribution in [0.1, 0.15) is 58.7 Å². The molecule has 0 aliphatic rings. The smallest absolute Gasteiger partial charge is 0.193 e. The van der Waals surface area contributed by atoms with Crippen LogP contribution in [0.2, 0.25) is 0 Å². The summed E-state index contributed by atoms with van der Waals surface area (Å²) >= 11 is 0. The van der Waals surface area contributed by atoms with E-state index in [2.05, 4.69) is 80.0 Å². The summed E-state index contributed by atoms with van der Waals surface area (Å²) in [5.41, 5.74) is 2.42. The molecule has 0 aliphatic heterocycles. The predicted octanol–water partition coefficient (Wildman–Crippen LogP) is 3.29. The number of hydrogen-bond donors (Lipinski definition) is 1. The quantitative estimate of drug-likeness (QED) is 0.354. The topological polar surface area (TPSA) is 48.7 Å². The summed E-state index contributed by atoms with van der Waals surface area (Å²) in [4.78, 5) is 9.09. The number of rotatable bonds is 8. The summed E-state index contributed by atoms with van der Waals surface area (Å²) in [6.07, 6.45) is 2.11. The fourth-order valence-corrected chi connectivity index (χ4v) is 3.29. The fraction of sp³-hybridized carbons (Fsp3) is 0.789. The molecular formula is C19H39IN6. The number of aliphatic imine (C=N–C) groups is 1. The molecule has 0 unspecified atom stereocenters. The highest BCUT2D eigenvalue weighted by molar-refractivity contribution is 14.0. The Morgan fingerprint density at radius 1 is 1.19 bits per heavy atom. The van der Waals surface area contributed by atoms with Gasteiger partial charge in [-0.25, -0.2) is 0 Å². The summed E-state index contributed by atoms with van der Waals surface area (Å²) in [5.74, 6) is 1.34. The Morgan fingerprint density at radius 2 is 1.77 bits per heavy atom. The Bertz CT molecular complexity index is 542. The monoisotopic (exact) mass is 478 g/mol. The van der Waals surface area contributed by atoms with E-state index in [1.54, 1.807) is 0 Å².